The smallest absolute Gasteiger partial charge is 0.262 e. The number of hydrogen-bond acceptors (Lipinski definition) is 8. The summed E-state index contributed by atoms with van der Waals surface area (Å²) in [6.45, 7) is 8.01. The van der Waals surface area contributed by atoms with E-state index in [4.69, 9.17) is 4.74 Å². The highest BCUT2D eigenvalue weighted by molar-refractivity contribution is 6.23. The minimum absolute atomic E-state index is 0.0889. The van der Waals surface area contributed by atoms with Gasteiger partial charge in [0.1, 0.15) is 17.5 Å². The lowest BCUT2D eigenvalue weighted by atomic mass is 9.88. The Balaban J connectivity index is 0.812. The summed E-state index contributed by atoms with van der Waals surface area (Å²) in [5, 5.41) is 12.2. The van der Waals surface area contributed by atoms with Crippen molar-refractivity contribution in [2.24, 2.45) is 11.8 Å². The number of amides is 4. The first-order valence-electron chi connectivity index (χ1n) is 20.4. The Kier molecular flexibility index (Phi) is 11.2. The van der Waals surface area contributed by atoms with E-state index in [0.29, 0.717) is 24.2 Å². The number of rotatable bonds is 11. The topological polar surface area (TPSA) is 119 Å². The molecule has 4 heterocycles. The summed E-state index contributed by atoms with van der Waals surface area (Å²) in [6.07, 6.45) is 5.52. The highest BCUT2D eigenvalue weighted by Gasteiger charge is 2.44. The molecule has 10 heteroatoms. The molecule has 0 spiro atoms. The number of likely N-dealkylation sites (tertiary alicyclic amines) is 1. The van der Waals surface area contributed by atoms with Gasteiger partial charge >= 0.3 is 0 Å². The van der Waals surface area contributed by atoms with E-state index in [-0.39, 0.29) is 29.7 Å². The lowest BCUT2D eigenvalue weighted by molar-refractivity contribution is -0.136. The number of carbonyl (C=O) groups excluding carboxylic acids is 4. The van der Waals surface area contributed by atoms with E-state index in [2.05, 4.69) is 70.6 Å². The molecule has 4 aromatic rings. The first-order valence-corrected chi connectivity index (χ1v) is 20.4. The second-order valence-electron chi connectivity index (χ2n) is 15.8. The Morgan fingerprint density at radius 1 is 0.719 bits per heavy atom. The maximum atomic E-state index is 13.2. The number of nitrogens with one attached hydrogen (secondary N) is 1. The van der Waals surface area contributed by atoms with Gasteiger partial charge in [-0.3, -0.25) is 29.4 Å². The molecule has 0 aromatic heterocycles. The van der Waals surface area contributed by atoms with Crippen molar-refractivity contribution in [1.29, 1.82) is 0 Å². The predicted molar refractivity (Wildman–Crippen MR) is 220 cm³/mol. The summed E-state index contributed by atoms with van der Waals surface area (Å²) in [4.78, 5) is 56.3. The number of piperidine rings is 3. The number of hydrogen-bond donors (Lipinski definition) is 2. The number of imide groups is 2. The molecule has 0 aliphatic carbocycles. The van der Waals surface area contributed by atoms with Crippen LogP contribution in [0.4, 0.5) is 5.69 Å². The number of fused-ring (bicyclic) bond motifs is 1. The van der Waals surface area contributed by atoms with Crippen LogP contribution >= 0.6 is 0 Å². The number of aromatic hydroxyl groups is 1. The minimum atomic E-state index is -0.981. The molecule has 1 atom stereocenters. The molecule has 10 nitrogen and oxygen atoms in total. The lowest BCUT2D eigenvalue weighted by Gasteiger charge is -2.38. The zero-order valence-corrected chi connectivity index (χ0v) is 32.5. The van der Waals surface area contributed by atoms with Gasteiger partial charge in [0.25, 0.3) is 11.8 Å². The number of allylic oxidation sites excluding steroid dienone is 1. The SMILES string of the molecule is CC/C(=C(\c1ccc(O)cc1)c1ccc(N2CCC(CN3CCC(COc4ccc5c(c4)C(=O)N(C4CCC(=O)NC4=O)C5=O)CC3)CC2)cc1)c1ccccc1. The molecule has 0 radical (unpaired) electrons. The molecular formula is C47H50N4O6. The number of carbonyl (C=O) groups is 4. The third-order valence-corrected chi connectivity index (χ3v) is 12.2. The van der Waals surface area contributed by atoms with Crippen LogP contribution in [-0.4, -0.2) is 83.9 Å². The highest BCUT2D eigenvalue weighted by Crippen LogP contribution is 2.37. The van der Waals surface area contributed by atoms with Gasteiger partial charge in [0.15, 0.2) is 0 Å². The minimum Gasteiger partial charge on any atom is -0.508 e. The van der Waals surface area contributed by atoms with Gasteiger partial charge in [0.05, 0.1) is 17.7 Å². The van der Waals surface area contributed by atoms with Crippen molar-refractivity contribution in [2.75, 3.05) is 44.2 Å². The van der Waals surface area contributed by atoms with Gasteiger partial charge in [-0.1, -0.05) is 61.5 Å². The standard InChI is InChI=1S/C47H50N4O6/c1-2-39(33-6-4-3-5-7-33)44(35-10-14-37(52)15-11-35)34-8-12-36(13-9-34)50-26-22-31(23-27-50)29-49-24-20-32(21-25-49)30-57-38-16-17-40-41(28-38)47(56)51(46(40)55)42-18-19-43(53)48-45(42)54/h3-17,28,31-32,42,52H,2,18-27,29-30H2,1H3,(H,48,53,54)/b44-39+. The predicted octanol–water partition coefficient (Wildman–Crippen LogP) is 7.17. The van der Waals surface area contributed by atoms with Crippen LogP contribution in [-0.2, 0) is 9.59 Å². The van der Waals surface area contributed by atoms with Gasteiger partial charge in [-0.2, -0.15) is 0 Å². The number of benzene rings is 4. The molecule has 8 rings (SSSR count). The number of phenolic OH excluding ortho intramolecular Hbond substituents is 1. The van der Waals surface area contributed by atoms with Gasteiger partial charge in [0.2, 0.25) is 11.8 Å². The fraction of sp³-hybridized carbons (Fsp3) is 0.362. The maximum Gasteiger partial charge on any atom is 0.262 e. The van der Waals surface area contributed by atoms with E-state index in [0.717, 1.165) is 75.3 Å². The highest BCUT2D eigenvalue weighted by atomic mass is 16.5. The first-order chi connectivity index (χ1) is 27.7. The van der Waals surface area contributed by atoms with E-state index in [9.17, 15) is 24.3 Å². The lowest BCUT2D eigenvalue weighted by Crippen LogP contribution is -2.54. The van der Waals surface area contributed by atoms with Crippen molar-refractivity contribution >= 4 is 40.5 Å². The zero-order chi connectivity index (χ0) is 39.5. The fourth-order valence-electron chi connectivity index (χ4n) is 8.98. The van der Waals surface area contributed by atoms with Gasteiger partial charge in [-0.15, -0.1) is 0 Å². The molecule has 4 aliphatic heterocycles. The average Bonchev–Trinajstić information content (AvgIpc) is 3.48. The van der Waals surface area contributed by atoms with Crippen LogP contribution in [0.2, 0.25) is 0 Å². The Morgan fingerprint density at radius 3 is 2.04 bits per heavy atom. The Labute approximate surface area is 334 Å². The summed E-state index contributed by atoms with van der Waals surface area (Å²) in [5.41, 5.74) is 7.70. The normalized spacial score (nSPS) is 20.1. The van der Waals surface area contributed by atoms with E-state index in [1.807, 2.05) is 18.2 Å². The third-order valence-electron chi connectivity index (χ3n) is 12.2. The Hall–Kier alpha value is -5.74. The molecule has 1 unspecified atom stereocenters. The van der Waals surface area contributed by atoms with E-state index < -0.39 is 29.7 Å². The number of anilines is 1. The van der Waals surface area contributed by atoms with Crippen molar-refractivity contribution in [3.05, 3.63) is 125 Å². The molecule has 294 valence electrons. The molecule has 4 aromatic carbocycles. The van der Waals surface area contributed by atoms with Crippen molar-refractivity contribution in [3.8, 4) is 11.5 Å². The molecule has 3 saturated heterocycles. The number of phenols is 1. The van der Waals surface area contributed by atoms with E-state index >= 15 is 0 Å². The summed E-state index contributed by atoms with van der Waals surface area (Å²) < 4.78 is 6.15. The van der Waals surface area contributed by atoms with Gasteiger partial charge in [0, 0.05) is 31.7 Å². The Bertz CT molecular complexity index is 2150. The quantitative estimate of drug-likeness (QED) is 0.122. The van der Waals surface area contributed by atoms with Gasteiger partial charge in [-0.25, -0.2) is 0 Å². The van der Waals surface area contributed by atoms with Crippen LogP contribution in [0, 0.1) is 11.8 Å². The van der Waals surface area contributed by atoms with Crippen LogP contribution in [0.1, 0.15) is 89.3 Å². The van der Waals surface area contributed by atoms with E-state index in [1.165, 1.54) is 28.0 Å². The van der Waals surface area contributed by atoms with Crippen LogP contribution < -0.4 is 15.0 Å². The summed E-state index contributed by atoms with van der Waals surface area (Å²) >= 11 is 0. The largest absolute Gasteiger partial charge is 0.508 e. The molecule has 2 N–H and O–H groups in total. The van der Waals surface area contributed by atoms with Crippen LogP contribution in [0.25, 0.3) is 11.1 Å². The summed E-state index contributed by atoms with van der Waals surface area (Å²) in [5.74, 6) is -0.167. The molecular weight excluding hydrogens is 717 g/mol. The zero-order valence-electron chi connectivity index (χ0n) is 32.5. The van der Waals surface area contributed by atoms with Gasteiger partial charge < -0.3 is 19.6 Å². The monoisotopic (exact) mass is 766 g/mol. The number of nitrogens with zero attached hydrogens (tertiary/aromatic N) is 3. The van der Waals surface area contributed by atoms with Crippen LogP contribution in [0.3, 0.4) is 0 Å². The van der Waals surface area contributed by atoms with Crippen molar-refractivity contribution in [1.82, 2.24) is 15.1 Å². The van der Waals surface area contributed by atoms with Crippen molar-refractivity contribution in [2.45, 2.75) is 57.9 Å². The molecule has 3 fully saturated rings. The fourth-order valence-corrected chi connectivity index (χ4v) is 8.98. The number of ether oxygens (including phenoxy) is 1. The summed E-state index contributed by atoms with van der Waals surface area (Å²) in [7, 11) is 0. The Morgan fingerprint density at radius 2 is 1.37 bits per heavy atom. The van der Waals surface area contributed by atoms with E-state index in [1.54, 1.807) is 30.3 Å². The molecule has 57 heavy (non-hydrogen) atoms. The first kappa shape index (κ1) is 38.1. The van der Waals surface area contributed by atoms with Crippen LogP contribution in [0.5, 0.6) is 11.5 Å². The molecule has 0 saturated carbocycles. The second-order valence-corrected chi connectivity index (χ2v) is 15.8. The van der Waals surface area contributed by atoms with Crippen molar-refractivity contribution < 1.29 is 29.0 Å². The third kappa shape index (κ3) is 8.23. The average molecular weight is 767 g/mol. The summed E-state index contributed by atoms with van der Waals surface area (Å²) in [6, 6.07) is 31.1. The van der Waals surface area contributed by atoms with Crippen molar-refractivity contribution in [3.63, 3.8) is 0 Å². The molecule has 4 amide bonds. The maximum absolute atomic E-state index is 13.2. The second kappa shape index (κ2) is 16.8. The van der Waals surface area contributed by atoms with Gasteiger partial charge in [-0.05, 0) is 134 Å². The molecule has 4 aliphatic rings. The molecule has 0 bridgehead atoms. The van der Waals surface area contributed by atoms with Crippen LogP contribution in [0.15, 0.2) is 97.1 Å².